The summed E-state index contributed by atoms with van der Waals surface area (Å²) in [5.74, 6) is -0.145. The van der Waals surface area contributed by atoms with Crippen LogP contribution >= 0.6 is 11.3 Å². The van der Waals surface area contributed by atoms with Gasteiger partial charge in [-0.2, -0.15) is 0 Å². The number of carbonyl (C=O) groups excluding carboxylic acids is 1. The molecule has 1 amide bonds. The predicted octanol–water partition coefficient (Wildman–Crippen LogP) is 3.22. The Morgan fingerprint density at radius 2 is 2.09 bits per heavy atom. The van der Waals surface area contributed by atoms with E-state index in [0.717, 1.165) is 20.9 Å². The van der Waals surface area contributed by atoms with Crippen LogP contribution in [0.15, 0.2) is 55.0 Å². The van der Waals surface area contributed by atoms with E-state index in [1.54, 1.807) is 47.9 Å². The number of benzene rings is 1. The van der Waals surface area contributed by atoms with Crippen molar-refractivity contribution in [2.75, 3.05) is 11.9 Å². The third kappa shape index (κ3) is 1.96. The maximum absolute atomic E-state index is 12.6. The van der Waals surface area contributed by atoms with E-state index in [-0.39, 0.29) is 5.91 Å². The summed E-state index contributed by atoms with van der Waals surface area (Å²) in [7, 11) is 1.73. The minimum atomic E-state index is -0.145. The number of aromatic nitrogens is 3. The zero-order valence-electron chi connectivity index (χ0n) is 11.8. The molecule has 4 rings (SSSR count). The Labute approximate surface area is 130 Å². The number of thiazole rings is 1. The Bertz CT molecular complexity index is 974. The van der Waals surface area contributed by atoms with Crippen LogP contribution in [0, 0.1) is 0 Å². The first kappa shape index (κ1) is 13.0. The molecular weight excluding hydrogens is 296 g/mol. The third-order valence-electron chi connectivity index (χ3n) is 3.56. The van der Waals surface area contributed by atoms with Crippen LogP contribution in [0.2, 0.25) is 0 Å². The largest absolute Gasteiger partial charge is 0.309 e. The van der Waals surface area contributed by atoms with Gasteiger partial charge < -0.3 is 4.90 Å². The summed E-state index contributed by atoms with van der Waals surface area (Å²) in [5, 5.41) is 0. The number of imidazole rings is 1. The van der Waals surface area contributed by atoms with Crippen molar-refractivity contribution >= 4 is 38.1 Å². The summed E-state index contributed by atoms with van der Waals surface area (Å²) in [5.41, 5.74) is 2.25. The molecule has 0 unspecified atom stereocenters. The van der Waals surface area contributed by atoms with Crippen molar-refractivity contribution in [1.29, 1.82) is 0 Å². The van der Waals surface area contributed by atoms with Crippen molar-refractivity contribution in [3.8, 4) is 0 Å². The molecule has 0 aliphatic carbocycles. The number of anilines is 1. The van der Waals surface area contributed by atoms with Crippen LogP contribution < -0.4 is 4.90 Å². The zero-order valence-corrected chi connectivity index (χ0v) is 12.6. The molecule has 0 radical (unpaired) electrons. The Morgan fingerprint density at radius 1 is 1.23 bits per heavy atom. The third-order valence-corrected chi connectivity index (χ3v) is 4.59. The molecule has 0 fully saturated rings. The molecule has 0 bridgehead atoms. The quantitative estimate of drug-likeness (QED) is 0.571. The Kier molecular flexibility index (Phi) is 2.90. The Morgan fingerprint density at radius 3 is 2.91 bits per heavy atom. The molecule has 3 aromatic heterocycles. The van der Waals surface area contributed by atoms with Crippen LogP contribution in [0.1, 0.15) is 10.5 Å². The van der Waals surface area contributed by atoms with Gasteiger partial charge in [0.25, 0.3) is 5.91 Å². The number of pyridine rings is 1. The number of fused-ring (bicyclic) bond motifs is 3. The molecule has 4 aromatic rings. The lowest BCUT2D eigenvalue weighted by Crippen LogP contribution is -2.26. The fraction of sp³-hybridized carbons (Fsp3) is 0.0625. The fourth-order valence-corrected chi connectivity index (χ4v) is 3.40. The first-order valence-corrected chi connectivity index (χ1v) is 7.60. The highest BCUT2D eigenvalue weighted by molar-refractivity contribution is 7.23. The molecule has 22 heavy (non-hydrogen) atoms. The first-order chi connectivity index (χ1) is 10.7. The minimum Gasteiger partial charge on any atom is -0.309 e. The average molecular weight is 308 g/mol. The number of amides is 1. The number of para-hydroxylation sites is 1. The van der Waals surface area contributed by atoms with Crippen molar-refractivity contribution in [2.24, 2.45) is 0 Å². The number of nitrogens with zero attached hydrogens (tertiary/aromatic N) is 4. The van der Waals surface area contributed by atoms with Crippen molar-refractivity contribution in [3.63, 3.8) is 0 Å². The molecule has 0 aliphatic heterocycles. The topological polar surface area (TPSA) is 50.5 Å². The molecule has 5 nitrogen and oxygen atoms in total. The first-order valence-electron chi connectivity index (χ1n) is 6.79. The monoisotopic (exact) mass is 308 g/mol. The van der Waals surface area contributed by atoms with Gasteiger partial charge >= 0.3 is 0 Å². The number of carbonyl (C=O) groups is 1. The number of hydrogen-bond acceptors (Lipinski definition) is 4. The van der Waals surface area contributed by atoms with Gasteiger partial charge in [0, 0.05) is 19.4 Å². The molecule has 0 saturated carbocycles. The smallest absolute Gasteiger partial charge is 0.278 e. The van der Waals surface area contributed by atoms with E-state index in [0.29, 0.717) is 5.69 Å². The lowest BCUT2D eigenvalue weighted by atomic mass is 10.3. The van der Waals surface area contributed by atoms with E-state index < -0.39 is 0 Å². The Balaban J connectivity index is 1.76. The lowest BCUT2D eigenvalue weighted by Gasteiger charge is -2.14. The molecule has 3 heterocycles. The molecule has 108 valence electrons. The van der Waals surface area contributed by atoms with Crippen LogP contribution in [-0.2, 0) is 0 Å². The van der Waals surface area contributed by atoms with Gasteiger partial charge in [-0.05, 0) is 24.3 Å². The van der Waals surface area contributed by atoms with Crippen molar-refractivity contribution in [3.05, 3.63) is 60.7 Å². The standard InChI is InChI=1S/C16H12N4OS/c1-19(11-5-4-8-17-9-11)15(21)12-10-20-13-6-2-3-7-14(13)22-16(20)18-12/h2-10H,1H3. The summed E-state index contributed by atoms with van der Waals surface area (Å²) in [6.45, 7) is 0. The molecule has 0 atom stereocenters. The Hall–Kier alpha value is -2.73. The van der Waals surface area contributed by atoms with Gasteiger partial charge in [-0.1, -0.05) is 23.5 Å². The maximum atomic E-state index is 12.6. The second-order valence-electron chi connectivity index (χ2n) is 4.92. The van der Waals surface area contributed by atoms with Gasteiger partial charge in [0.15, 0.2) is 4.96 Å². The van der Waals surface area contributed by atoms with E-state index in [1.165, 1.54) is 0 Å². The van der Waals surface area contributed by atoms with Crippen LogP contribution in [0.5, 0.6) is 0 Å². The van der Waals surface area contributed by atoms with Gasteiger partial charge in [0.2, 0.25) is 0 Å². The van der Waals surface area contributed by atoms with Crippen molar-refractivity contribution in [2.45, 2.75) is 0 Å². The van der Waals surface area contributed by atoms with Gasteiger partial charge in [0.05, 0.1) is 22.1 Å². The lowest BCUT2D eigenvalue weighted by molar-refractivity contribution is 0.0989. The van der Waals surface area contributed by atoms with E-state index >= 15 is 0 Å². The van der Waals surface area contributed by atoms with E-state index in [9.17, 15) is 4.79 Å². The van der Waals surface area contributed by atoms with Crippen LogP contribution in [-0.4, -0.2) is 27.3 Å². The summed E-state index contributed by atoms with van der Waals surface area (Å²) < 4.78 is 3.12. The van der Waals surface area contributed by atoms with Crippen LogP contribution in [0.25, 0.3) is 15.2 Å². The molecule has 0 N–H and O–H groups in total. The highest BCUT2D eigenvalue weighted by Crippen LogP contribution is 2.26. The molecule has 0 saturated heterocycles. The van der Waals surface area contributed by atoms with Crippen LogP contribution in [0.4, 0.5) is 5.69 Å². The van der Waals surface area contributed by atoms with E-state index in [1.807, 2.05) is 28.7 Å². The number of hydrogen-bond donors (Lipinski definition) is 0. The van der Waals surface area contributed by atoms with Gasteiger partial charge in [-0.3, -0.25) is 14.2 Å². The summed E-state index contributed by atoms with van der Waals surface area (Å²) in [4.78, 5) is 23.5. The summed E-state index contributed by atoms with van der Waals surface area (Å²) in [6, 6.07) is 11.7. The normalized spacial score (nSPS) is 11.1. The van der Waals surface area contributed by atoms with Gasteiger partial charge in [0.1, 0.15) is 5.69 Å². The molecule has 0 spiro atoms. The summed E-state index contributed by atoms with van der Waals surface area (Å²) in [6.07, 6.45) is 5.13. The summed E-state index contributed by atoms with van der Waals surface area (Å²) >= 11 is 1.58. The van der Waals surface area contributed by atoms with Crippen LogP contribution in [0.3, 0.4) is 0 Å². The van der Waals surface area contributed by atoms with Gasteiger partial charge in [-0.15, -0.1) is 0 Å². The second kappa shape index (κ2) is 4.92. The SMILES string of the molecule is CN(C(=O)c1cn2c(n1)sc1ccccc12)c1cccnc1. The molecular formula is C16H12N4OS. The van der Waals surface area contributed by atoms with Gasteiger partial charge in [-0.25, -0.2) is 4.98 Å². The number of rotatable bonds is 2. The van der Waals surface area contributed by atoms with E-state index in [2.05, 4.69) is 16.0 Å². The second-order valence-corrected chi connectivity index (χ2v) is 5.93. The molecule has 0 aliphatic rings. The zero-order chi connectivity index (χ0) is 15.1. The maximum Gasteiger partial charge on any atom is 0.278 e. The fourth-order valence-electron chi connectivity index (χ4n) is 2.39. The highest BCUT2D eigenvalue weighted by Gasteiger charge is 2.18. The minimum absolute atomic E-state index is 0.145. The van der Waals surface area contributed by atoms with E-state index in [4.69, 9.17) is 0 Å². The van der Waals surface area contributed by atoms with Crippen molar-refractivity contribution in [1.82, 2.24) is 14.4 Å². The highest BCUT2D eigenvalue weighted by atomic mass is 32.1. The average Bonchev–Trinajstić information content (AvgIpc) is 3.12. The molecule has 6 heteroatoms. The van der Waals surface area contributed by atoms with Crippen molar-refractivity contribution < 1.29 is 4.79 Å². The predicted molar refractivity (Wildman–Crippen MR) is 87.5 cm³/mol. The molecule has 1 aromatic carbocycles.